The largest absolute Gasteiger partial charge is 0.240 e. The van der Waals surface area contributed by atoms with Gasteiger partial charge in [0.1, 0.15) is 23.1 Å². The second-order valence-corrected chi connectivity index (χ2v) is 2.31. The fourth-order valence-electron chi connectivity index (χ4n) is 0.776. The molecular weight excluding hydrogens is 162 g/mol. The van der Waals surface area contributed by atoms with Crippen molar-refractivity contribution in [3.63, 3.8) is 0 Å². The Morgan fingerprint density at radius 2 is 2.36 bits per heavy atom. The number of hydrogen-bond donors (Lipinski definition) is 0. The molecule has 0 unspecified atom stereocenters. The molecule has 1 aromatic rings. The van der Waals surface area contributed by atoms with Crippen molar-refractivity contribution in [1.29, 1.82) is 5.26 Å². The summed E-state index contributed by atoms with van der Waals surface area (Å²) in [6, 6.07) is 1.96. The van der Waals surface area contributed by atoms with Crippen molar-refractivity contribution in [2.75, 3.05) is 0 Å². The van der Waals surface area contributed by atoms with Gasteiger partial charge in [0.2, 0.25) is 0 Å². The highest BCUT2D eigenvalue weighted by atomic mass is 35.5. The van der Waals surface area contributed by atoms with E-state index in [9.17, 15) is 0 Å². The lowest BCUT2D eigenvalue weighted by Crippen LogP contribution is -1.94. The molecule has 0 aliphatic carbocycles. The van der Waals surface area contributed by atoms with Crippen molar-refractivity contribution in [3.05, 3.63) is 22.7 Å². The van der Waals surface area contributed by atoms with Crippen LogP contribution in [0.1, 0.15) is 18.2 Å². The van der Waals surface area contributed by atoms with E-state index >= 15 is 0 Å². The molecule has 0 atom stereocenters. The third-order valence-electron chi connectivity index (χ3n) is 1.33. The summed E-state index contributed by atoms with van der Waals surface area (Å²) >= 11 is 5.63. The second kappa shape index (κ2) is 3.31. The molecule has 0 saturated heterocycles. The van der Waals surface area contributed by atoms with Gasteiger partial charge in [0.05, 0.1) is 5.69 Å². The lowest BCUT2D eigenvalue weighted by atomic mass is 10.2. The maximum atomic E-state index is 8.62. The molecule has 0 aliphatic rings. The van der Waals surface area contributed by atoms with Gasteiger partial charge in [-0.1, -0.05) is 18.5 Å². The predicted molar refractivity (Wildman–Crippen MR) is 41.1 cm³/mol. The van der Waals surface area contributed by atoms with Crippen molar-refractivity contribution in [2.24, 2.45) is 0 Å². The van der Waals surface area contributed by atoms with Gasteiger partial charge in [0, 0.05) is 0 Å². The molecule has 0 N–H and O–H groups in total. The van der Waals surface area contributed by atoms with Crippen molar-refractivity contribution < 1.29 is 0 Å². The summed E-state index contributed by atoms with van der Waals surface area (Å²) < 4.78 is 0. The molecule has 0 aromatic carbocycles. The zero-order valence-corrected chi connectivity index (χ0v) is 6.76. The summed E-state index contributed by atoms with van der Waals surface area (Å²) in [6.07, 6.45) is 2.06. The minimum atomic E-state index is 0.236. The second-order valence-electron chi connectivity index (χ2n) is 1.95. The fourth-order valence-corrected chi connectivity index (χ4v) is 0.971. The highest BCUT2D eigenvalue weighted by Gasteiger charge is 2.05. The Balaban J connectivity index is 3.27. The molecule has 11 heavy (non-hydrogen) atoms. The summed E-state index contributed by atoms with van der Waals surface area (Å²) in [5.74, 6) is 0. The molecule has 0 radical (unpaired) electrons. The molecule has 0 aliphatic heterocycles. The smallest absolute Gasteiger partial charge is 0.150 e. The Labute approximate surface area is 69.7 Å². The number of rotatable bonds is 1. The van der Waals surface area contributed by atoms with E-state index in [4.69, 9.17) is 16.9 Å². The Hall–Kier alpha value is -1.14. The maximum Gasteiger partial charge on any atom is 0.150 e. The maximum absolute atomic E-state index is 8.62. The molecular formula is C7H6ClN3. The van der Waals surface area contributed by atoms with E-state index < -0.39 is 0 Å². The topological polar surface area (TPSA) is 49.6 Å². The van der Waals surface area contributed by atoms with Crippen LogP contribution in [0.4, 0.5) is 0 Å². The minimum absolute atomic E-state index is 0.236. The number of hydrogen-bond acceptors (Lipinski definition) is 3. The third kappa shape index (κ3) is 1.47. The first-order valence-corrected chi connectivity index (χ1v) is 3.56. The highest BCUT2D eigenvalue weighted by molar-refractivity contribution is 6.30. The van der Waals surface area contributed by atoms with Crippen LogP contribution in [-0.2, 0) is 6.42 Å². The molecule has 0 spiro atoms. The van der Waals surface area contributed by atoms with Crippen molar-refractivity contribution in [3.8, 4) is 6.07 Å². The van der Waals surface area contributed by atoms with Crippen LogP contribution in [0.2, 0.25) is 5.15 Å². The lowest BCUT2D eigenvalue weighted by molar-refractivity contribution is 0.986. The van der Waals surface area contributed by atoms with Crippen molar-refractivity contribution >= 4 is 11.6 Å². The summed E-state index contributed by atoms with van der Waals surface area (Å²) in [5, 5.41) is 8.85. The van der Waals surface area contributed by atoms with Gasteiger partial charge in [0.15, 0.2) is 0 Å². The quantitative estimate of drug-likeness (QED) is 0.597. The van der Waals surface area contributed by atoms with Crippen LogP contribution in [0, 0.1) is 11.3 Å². The van der Waals surface area contributed by atoms with Crippen LogP contribution < -0.4 is 0 Å². The number of halogens is 1. The summed E-state index contributed by atoms with van der Waals surface area (Å²) in [4.78, 5) is 7.60. The van der Waals surface area contributed by atoms with Gasteiger partial charge in [-0.3, -0.25) is 0 Å². The van der Waals surface area contributed by atoms with E-state index in [2.05, 4.69) is 9.97 Å². The summed E-state index contributed by atoms with van der Waals surface area (Å²) in [5.41, 5.74) is 1.09. The zero-order valence-electron chi connectivity index (χ0n) is 6.00. The molecule has 3 nitrogen and oxygen atoms in total. The number of nitriles is 1. The fraction of sp³-hybridized carbons (Fsp3) is 0.286. The number of nitrogens with zero attached hydrogens (tertiary/aromatic N) is 3. The van der Waals surface area contributed by atoms with E-state index in [1.807, 2.05) is 13.0 Å². The number of aromatic nitrogens is 2. The van der Waals surface area contributed by atoms with Crippen molar-refractivity contribution in [2.45, 2.75) is 13.3 Å². The molecule has 0 bridgehead atoms. The highest BCUT2D eigenvalue weighted by Crippen LogP contribution is 2.13. The first-order chi connectivity index (χ1) is 5.29. The number of aryl methyl sites for hydroxylation is 1. The van der Waals surface area contributed by atoms with Gasteiger partial charge in [-0.15, -0.1) is 0 Å². The Morgan fingerprint density at radius 1 is 1.64 bits per heavy atom. The Kier molecular flexibility index (Phi) is 2.40. The molecule has 0 amide bonds. The zero-order chi connectivity index (χ0) is 8.27. The standard InChI is InChI=1S/C7H6ClN3/c1-2-6-5(3-9)7(8)11-4-10-6/h4H,2H2,1H3. The van der Waals surface area contributed by atoms with Gasteiger partial charge in [-0.05, 0) is 6.42 Å². The van der Waals surface area contributed by atoms with Gasteiger partial charge >= 0.3 is 0 Å². The van der Waals surface area contributed by atoms with Gasteiger partial charge in [0.25, 0.3) is 0 Å². The normalized spacial score (nSPS) is 9.18. The van der Waals surface area contributed by atoms with Crippen LogP contribution in [0.5, 0.6) is 0 Å². The van der Waals surface area contributed by atoms with E-state index in [1.54, 1.807) is 0 Å². The molecule has 0 saturated carbocycles. The Morgan fingerprint density at radius 3 is 2.82 bits per heavy atom. The van der Waals surface area contributed by atoms with Gasteiger partial charge < -0.3 is 0 Å². The minimum Gasteiger partial charge on any atom is -0.240 e. The van der Waals surface area contributed by atoms with E-state index in [0.717, 1.165) is 0 Å². The van der Waals surface area contributed by atoms with Gasteiger partial charge in [-0.2, -0.15) is 5.26 Å². The van der Waals surface area contributed by atoms with Crippen LogP contribution in [-0.4, -0.2) is 9.97 Å². The van der Waals surface area contributed by atoms with E-state index in [0.29, 0.717) is 17.7 Å². The summed E-state index contributed by atoms with van der Waals surface area (Å²) in [6.45, 7) is 1.92. The molecule has 0 fully saturated rings. The lowest BCUT2D eigenvalue weighted by Gasteiger charge is -1.97. The monoisotopic (exact) mass is 167 g/mol. The molecule has 4 heteroatoms. The predicted octanol–water partition coefficient (Wildman–Crippen LogP) is 1.56. The van der Waals surface area contributed by atoms with Crippen LogP contribution in [0.25, 0.3) is 0 Å². The van der Waals surface area contributed by atoms with Crippen molar-refractivity contribution in [1.82, 2.24) is 9.97 Å². The van der Waals surface area contributed by atoms with Crippen LogP contribution >= 0.6 is 11.6 Å². The first kappa shape index (κ1) is 7.96. The summed E-state index contributed by atoms with van der Waals surface area (Å²) in [7, 11) is 0. The Bertz CT molecular complexity index is 303. The molecule has 1 heterocycles. The van der Waals surface area contributed by atoms with Gasteiger partial charge in [-0.25, -0.2) is 9.97 Å². The van der Waals surface area contributed by atoms with E-state index in [-0.39, 0.29) is 5.15 Å². The van der Waals surface area contributed by atoms with Crippen LogP contribution in [0.15, 0.2) is 6.33 Å². The SMILES string of the molecule is CCc1ncnc(Cl)c1C#N. The first-order valence-electron chi connectivity index (χ1n) is 3.19. The molecule has 56 valence electrons. The average molecular weight is 168 g/mol. The third-order valence-corrected chi connectivity index (χ3v) is 1.61. The van der Waals surface area contributed by atoms with E-state index in [1.165, 1.54) is 6.33 Å². The molecule has 1 rings (SSSR count). The molecule has 1 aromatic heterocycles. The average Bonchev–Trinajstić information content (AvgIpc) is 2.04. The van der Waals surface area contributed by atoms with Crippen LogP contribution in [0.3, 0.4) is 0 Å².